The molecule has 2 amide bonds. The first-order chi connectivity index (χ1) is 18.9. The maximum Gasteiger partial charge on any atom is 0.261 e. The molecule has 0 saturated carbocycles. The first-order valence-electron chi connectivity index (χ1n) is 12.5. The summed E-state index contributed by atoms with van der Waals surface area (Å²) in [5, 5.41) is 8.54. The minimum atomic E-state index is -0.349. The highest BCUT2D eigenvalue weighted by atomic mass is 35.5. The van der Waals surface area contributed by atoms with Gasteiger partial charge in [-0.25, -0.2) is 0 Å². The first kappa shape index (κ1) is 26.5. The van der Waals surface area contributed by atoms with E-state index in [-0.39, 0.29) is 16.9 Å². The summed E-state index contributed by atoms with van der Waals surface area (Å²) in [6, 6.07) is 26.2. The van der Waals surface area contributed by atoms with Gasteiger partial charge >= 0.3 is 0 Å². The van der Waals surface area contributed by atoms with Crippen molar-refractivity contribution in [1.29, 1.82) is 0 Å². The average Bonchev–Trinajstić information content (AvgIpc) is 2.97. The number of piperazine rings is 1. The second-order valence-corrected chi connectivity index (χ2v) is 9.99. The van der Waals surface area contributed by atoms with E-state index in [2.05, 4.69) is 15.5 Å². The van der Waals surface area contributed by atoms with Crippen molar-refractivity contribution in [2.24, 2.45) is 0 Å². The van der Waals surface area contributed by atoms with Crippen LogP contribution in [0.25, 0.3) is 10.8 Å². The highest BCUT2D eigenvalue weighted by molar-refractivity contribution is 7.80. The van der Waals surface area contributed by atoms with E-state index in [9.17, 15) is 9.59 Å². The second kappa shape index (κ2) is 11.7. The Kier molecular flexibility index (Phi) is 7.95. The SMILES string of the molecule is COc1cc2ccccc2cc1C(=O)NC(=S)Nc1ccc(N2CCN(C(=O)c3ccc(Cl)cc3)CC2)cc1. The fourth-order valence-corrected chi connectivity index (χ4v) is 4.93. The monoisotopic (exact) mass is 558 g/mol. The highest BCUT2D eigenvalue weighted by Crippen LogP contribution is 2.26. The van der Waals surface area contributed by atoms with Crippen LogP contribution in [-0.2, 0) is 0 Å². The maximum atomic E-state index is 13.0. The third-order valence-corrected chi connectivity index (χ3v) is 7.14. The zero-order valence-corrected chi connectivity index (χ0v) is 22.9. The van der Waals surface area contributed by atoms with Gasteiger partial charge in [-0.1, -0.05) is 35.9 Å². The van der Waals surface area contributed by atoms with Gasteiger partial charge in [0.15, 0.2) is 5.11 Å². The predicted octanol–water partition coefficient (Wildman–Crippen LogP) is 5.59. The fraction of sp³-hybridized carbons (Fsp3) is 0.167. The number of fused-ring (bicyclic) bond motifs is 1. The van der Waals surface area contributed by atoms with Gasteiger partial charge in [0.05, 0.1) is 12.7 Å². The van der Waals surface area contributed by atoms with Crippen LogP contribution in [0.15, 0.2) is 84.9 Å². The van der Waals surface area contributed by atoms with E-state index in [4.69, 9.17) is 28.6 Å². The number of nitrogens with one attached hydrogen (secondary N) is 2. The molecule has 198 valence electrons. The number of hydrogen-bond donors (Lipinski definition) is 2. The minimum Gasteiger partial charge on any atom is -0.496 e. The van der Waals surface area contributed by atoms with Gasteiger partial charge in [-0.3, -0.25) is 14.9 Å². The Morgan fingerprint density at radius 1 is 0.872 bits per heavy atom. The number of thiocarbonyl (C=S) groups is 1. The zero-order valence-electron chi connectivity index (χ0n) is 21.3. The van der Waals surface area contributed by atoms with Crippen molar-refractivity contribution < 1.29 is 14.3 Å². The lowest BCUT2D eigenvalue weighted by molar-refractivity contribution is 0.0746. The van der Waals surface area contributed by atoms with E-state index in [1.54, 1.807) is 30.3 Å². The number of benzene rings is 4. The van der Waals surface area contributed by atoms with E-state index in [0.29, 0.717) is 35.0 Å². The molecule has 9 heteroatoms. The lowest BCUT2D eigenvalue weighted by atomic mass is 10.1. The van der Waals surface area contributed by atoms with Gasteiger partial charge in [0.25, 0.3) is 11.8 Å². The molecule has 1 saturated heterocycles. The molecule has 39 heavy (non-hydrogen) atoms. The number of methoxy groups -OCH3 is 1. The predicted molar refractivity (Wildman–Crippen MR) is 160 cm³/mol. The molecule has 2 N–H and O–H groups in total. The normalized spacial score (nSPS) is 13.2. The standard InChI is InChI=1S/C30H27ClN4O3S/c1-38-27-19-22-5-3-2-4-21(22)18-26(27)28(36)33-30(39)32-24-10-12-25(13-11-24)34-14-16-35(17-15-34)29(37)20-6-8-23(31)9-7-20/h2-13,18-19H,14-17H2,1H3,(H2,32,33,36,39). The number of anilines is 2. The molecule has 1 aliphatic rings. The molecule has 0 unspecified atom stereocenters. The summed E-state index contributed by atoms with van der Waals surface area (Å²) in [6.07, 6.45) is 0. The Balaban J connectivity index is 1.16. The lowest BCUT2D eigenvalue weighted by Gasteiger charge is -2.36. The van der Waals surface area contributed by atoms with Crippen molar-refractivity contribution in [2.45, 2.75) is 0 Å². The van der Waals surface area contributed by atoms with Crippen molar-refractivity contribution in [3.63, 3.8) is 0 Å². The molecule has 0 bridgehead atoms. The molecule has 5 rings (SSSR count). The van der Waals surface area contributed by atoms with Crippen molar-refractivity contribution in [3.8, 4) is 5.75 Å². The van der Waals surface area contributed by atoms with Gasteiger partial charge in [-0.15, -0.1) is 0 Å². The molecule has 0 aromatic heterocycles. The van der Waals surface area contributed by atoms with Crippen LogP contribution in [-0.4, -0.2) is 55.1 Å². The molecule has 0 aliphatic carbocycles. The summed E-state index contributed by atoms with van der Waals surface area (Å²) in [7, 11) is 1.54. The van der Waals surface area contributed by atoms with Crippen LogP contribution in [0.5, 0.6) is 5.75 Å². The number of rotatable bonds is 5. The summed E-state index contributed by atoms with van der Waals surface area (Å²) >= 11 is 11.3. The van der Waals surface area contributed by atoms with Crippen LogP contribution < -0.4 is 20.3 Å². The number of halogens is 1. The lowest BCUT2D eigenvalue weighted by Crippen LogP contribution is -2.48. The summed E-state index contributed by atoms with van der Waals surface area (Å²) in [6.45, 7) is 2.73. The number of carbonyl (C=O) groups is 2. The Hall–Kier alpha value is -4.14. The van der Waals surface area contributed by atoms with Gasteiger partial charge in [0.2, 0.25) is 0 Å². The molecule has 1 heterocycles. The molecule has 1 aliphatic heterocycles. The molecular weight excluding hydrogens is 532 g/mol. The molecule has 0 atom stereocenters. The topological polar surface area (TPSA) is 73.9 Å². The van der Waals surface area contributed by atoms with E-state index in [1.807, 2.05) is 59.5 Å². The molecule has 0 spiro atoms. The zero-order chi connectivity index (χ0) is 27.4. The molecular formula is C30H27ClN4O3S. The van der Waals surface area contributed by atoms with Crippen LogP contribution in [0.4, 0.5) is 11.4 Å². The van der Waals surface area contributed by atoms with Gasteiger partial charge in [0, 0.05) is 48.1 Å². The Morgan fingerprint density at radius 2 is 1.51 bits per heavy atom. The van der Waals surface area contributed by atoms with Gasteiger partial charge in [-0.2, -0.15) is 0 Å². The second-order valence-electron chi connectivity index (χ2n) is 9.14. The summed E-state index contributed by atoms with van der Waals surface area (Å²) in [4.78, 5) is 29.8. The number of amides is 2. The molecule has 7 nitrogen and oxygen atoms in total. The van der Waals surface area contributed by atoms with Gasteiger partial charge in [0.1, 0.15) is 5.75 Å². The van der Waals surface area contributed by atoms with Crippen LogP contribution in [0.1, 0.15) is 20.7 Å². The van der Waals surface area contributed by atoms with E-state index in [1.165, 1.54) is 7.11 Å². The Bertz CT molecular complexity index is 1520. The van der Waals surface area contributed by atoms with Crippen LogP contribution in [0, 0.1) is 0 Å². The third kappa shape index (κ3) is 6.13. The van der Waals surface area contributed by atoms with Crippen molar-refractivity contribution in [3.05, 3.63) is 101 Å². The van der Waals surface area contributed by atoms with Crippen molar-refractivity contribution in [1.82, 2.24) is 10.2 Å². The summed E-state index contributed by atoms with van der Waals surface area (Å²) < 4.78 is 5.44. The van der Waals surface area contributed by atoms with Crippen molar-refractivity contribution >= 4 is 62.9 Å². The maximum absolute atomic E-state index is 13.0. The summed E-state index contributed by atoms with van der Waals surface area (Å²) in [5.74, 6) is 0.147. The highest BCUT2D eigenvalue weighted by Gasteiger charge is 2.22. The van der Waals surface area contributed by atoms with Gasteiger partial charge < -0.3 is 19.9 Å². The van der Waals surface area contributed by atoms with Crippen LogP contribution >= 0.6 is 23.8 Å². The largest absolute Gasteiger partial charge is 0.496 e. The molecule has 4 aromatic rings. The number of hydrogen-bond acceptors (Lipinski definition) is 5. The van der Waals surface area contributed by atoms with E-state index >= 15 is 0 Å². The van der Waals surface area contributed by atoms with Crippen LogP contribution in [0.3, 0.4) is 0 Å². The Morgan fingerprint density at radius 3 is 2.15 bits per heavy atom. The summed E-state index contributed by atoms with van der Waals surface area (Å²) in [5.41, 5.74) is 2.86. The van der Waals surface area contributed by atoms with E-state index < -0.39 is 0 Å². The molecule has 0 radical (unpaired) electrons. The minimum absolute atomic E-state index is 0.0164. The van der Waals surface area contributed by atoms with Gasteiger partial charge in [-0.05, 0) is 83.7 Å². The average molecular weight is 559 g/mol. The number of nitrogens with zero attached hydrogens (tertiary/aromatic N) is 2. The smallest absolute Gasteiger partial charge is 0.261 e. The van der Waals surface area contributed by atoms with E-state index in [0.717, 1.165) is 35.2 Å². The Labute approximate surface area is 237 Å². The number of ether oxygens (including phenoxy) is 1. The fourth-order valence-electron chi connectivity index (χ4n) is 4.60. The van der Waals surface area contributed by atoms with Crippen LogP contribution in [0.2, 0.25) is 5.02 Å². The first-order valence-corrected chi connectivity index (χ1v) is 13.3. The third-order valence-electron chi connectivity index (χ3n) is 6.69. The quantitative estimate of drug-likeness (QED) is 0.311. The van der Waals surface area contributed by atoms with Crippen molar-refractivity contribution in [2.75, 3.05) is 43.5 Å². The molecule has 1 fully saturated rings. The molecule has 4 aromatic carbocycles. The number of carbonyl (C=O) groups excluding carboxylic acids is 2.